The maximum atomic E-state index is 12.6. The molecule has 0 saturated carbocycles. The number of anilines is 2. The van der Waals surface area contributed by atoms with Crippen LogP contribution in [0.15, 0.2) is 47.4 Å². The van der Waals surface area contributed by atoms with Crippen molar-refractivity contribution in [2.24, 2.45) is 0 Å². The number of sulfonamides is 2. The first-order valence-electron chi connectivity index (χ1n) is 8.69. The fourth-order valence-electron chi connectivity index (χ4n) is 2.37. The zero-order chi connectivity index (χ0) is 22.5. The standard InChI is InChI=1S/C18H22ClN3O6S2/c1-4-29(24,25)21-16-10-7-14(11-17(16)28-3)20-18(23)12-22(2)30(26,27)15-8-5-13(19)6-9-15/h5-11,21H,4,12H2,1-3H3,(H,20,23). The summed E-state index contributed by atoms with van der Waals surface area (Å²) in [7, 11) is -4.73. The van der Waals surface area contributed by atoms with Gasteiger partial charge in [-0.25, -0.2) is 16.8 Å². The summed E-state index contributed by atoms with van der Waals surface area (Å²) in [5.41, 5.74) is 0.536. The van der Waals surface area contributed by atoms with Crippen LogP contribution in [0.5, 0.6) is 5.75 Å². The van der Waals surface area contributed by atoms with E-state index in [1.165, 1.54) is 63.5 Å². The number of benzene rings is 2. The molecule has 0 fully saturated rings. The van der Waals surface area contributed by atoms with Crippen molar-refractivity contribution in [3.63, 3.8) is 0 Å². The number of ether oxygens (including phenoxy) is 1. The van der Waals surface area contributed by atoms with Gasteiger partial charge < -0.3 is 10.1 Å². The van der Waals surface area contributed by atoms with Crippen LogP contribution in [0.1, 0.15) is 6.92 Å². The van der Waals surface area contributed by atoms with Crippen molar-refractivity contribution in [3.8, 4) is 5.75 Å². The summed E-state index contributed by atoms with van der Waals surface area (Å²) in [6, 6.07) is 9.95. The largest absolute Gasteiger partial charge is 0.494 e. The third-order valence-corrected chi connectivity index (χ3v) is 7.38. The molecule has 0 aliphatic rings. The fraction of sp³-hybridized carbons (Fsp3) is 0.278. The highest BCUT2D eigenvalue weighted by Gasteiger charge is 2.23. The Morgan fingerprint density at radius 2 is 1.73 bits per heavy atom. The second-order valence-electron chi connectivity index (χ2n) is 6.18. The van der Waals surface area contributed by atoms with E-state index in [9.17, 15) is 21.6 Å². The molecule has 2 rings (SSSR count). The number of carbonyl (C=O) groups excluding carboxylic acids is 1. The molecule has 0 aromatic heterocycles. The summed E-state index contributed by atoms with van der Waals surface area (Å²) in [6.07, 6.45) is 0. The van der Waals surface area contributed by atoms with E-state index in [2.05, 4.69) is 10.0 Å². The van der Waals surface area contributed by atoms with Crippen molar-refractivity contribution in [3.05, 3.63) is 47.5 Å². The van der Waals surface area contributed by atoms with E-state index in [0.717, 1.165) is 4.31 Å². The van der Waals surface area contributed by atoms with Crippen LogP contribution in [0, 0.1) is 0 Å². The Hall–Kier alpha value is -2.34. The van der Waals surface area contributed by atoms with Gasteiger partial charge in [0.15, 0.2) is 0 Å². The lowest BCUT2D eigenvalue weighted by molar-refractivity contribution is -0.116. The predicted molar refractivity (Wildman–Crippen MR) is 116 cm³/mol. The molecule has 0 spiro atoms. The Kier molecular flexibility index (Phi) is 7.70. The van der Waals surface area contributed by atoms with Crippen LogP contribution in [0.25, 0.3) is 0 Å². The fourth-order valence-corrected chi connectivity index (χ4v) is 4.27. The monoisotopic (exact) mass is 475 g/mol. The number of hydrogen-bond acceptors (Lipinski definition) is 6. The van der Waals surface area contributed by atoms with E-state index in [1.807, 2.05) is 0 Å². The van der Waals surface area contributed by atoms with E-state index in [0.29, 0.717) is 10.7 Å². The first-order valence-corrected chi connectivity index (χ1v) is 12.2. The number of nitrogens with zero attached hydrogens (tertiary/aromatic N) is 1. The molecule has 2 aromatic rings. The van der Waals surface area contributed by atoms with Gasteiger partial charge in [-0.05, 0) is 43.3 Å². The van der Waals surface area contributed by atoms with Gasteiger partial charge in [0.05, 0.1) is 30.0 Å². The Morgan fingerprint density at radius 1 is 1.10 bits per heavy atom. The van der Waals surface area contributed by atoms with Gasteiger partial charge in [-0.2, -0.15) is 4.31 Å². The third kappa shape index (κ3) is 6.08. The number of nitrogens with one attached hydrogen (secondary N) is 2. The maximum absolute atomic E-state index is 12.6. The number of rotatable bonds is 9. The van der Waals surface area contributed by atoms with E-state index < -0.39 is 32.5 Å². The molecule has 9 nitrogen and oxygen atoms in total. The van der Waals surface area contributed by atoms with E-state index >= 15 is 0 Å². The van der Waals surface area contributed by atoms with Gasteiger partial charge in [-0.15, -0.1) is 0 Å². The number of carbonyl (C=O) groups is 1. The highest BCUT2D eigenvalue weighted by Crippen LogP contribution is 2.29. The molecule has 0 atom stereocenters. The van der Waals surface area contributed by atoms with Crippen molar-refractivity contribution in [1.82, 2.24) is 4.31 Å². The van der Waals surface area contributed by atoms with Crippen molar-refractivity contribution < 1.29 is 26.4 Å². The summed E-state index contributed by atoms with van der Waals surface area (Å²) in [6.45, 7) is 1.06. The molecule has 0 unspecified atom stereocenters. The molecule has 2 N–H and O–H groups in total. The van der Waals surface area contributed by atoms with Gasteiger partial charge in [0.1, 0.15) is 5.75 Å². The van der Waals surface area contributed by atoms with Crippen LogP contribution >= 0.6 is 11.6 Å². The number of methoxy groups -OCH3 is 1. The average Bonchev–Trinajstić information content (AvgIpc) is 2.69. The van der Waals surface area contributed by atoms with Gasteiger partial charge in [-0.1, -0.05) is 11.6 Å². The average molecular weight is 476 g/mol. The normalized spacial score (nSPS) is 11.9. The summed E-state index contributed by atoms with van der Waals surface area (Å²) >= 11 is 5.77. The van der Waals surface area contributed by atoms with Crippen LogP contribution < -0.4 is 14.8 Å². The molecule has 0 aliphatic carbocycles. The van der Waals surface area contributed by atoms with Crippen molar-refractivity contribution in [2.45, 2.75) is 11.8 Å². The molecule has 12 heteroatoms. The van der Waals surface area contributed by atoms with Crippen molar-refractivity contribution in [2.75, 3.05) is 36.5 Å². The summed E-state index contributed by atoms with van der Waals surface area (Å²) < 4.78 is 57.1. The Bertz CT molecular complexity index is 1120. The lowest BCUT2D eigenvalue weighted by Crippen LogP contribution is -2.34. The molecule has 0 bridgehead atoms. The zero-order valence-corrected chi connectivity index (χ0v) is 18.9. The highest BCUT2D eigenvalue weighted by atomic mass is 35.5. The Labute approximate surface area is 181 Å². The molecule has 0 heterocycles. The van der Waals surface area contributed by atoms with Gasteiger partial charge in [0, 0.05) is 23.8 Å². The highest BCUT2D eigenvalue weighted by molar-refractivity contribution is 7.92. The van der Waals surface area contributed by atoms with E-state index in [1.54, 1.807) is 0 Å². The van der Waals surface area contributed by atoms with Crippen molar-refractivity contribution in [1.29, 1.82) is 0 Å². The van der Waals surface area contributed by atoms with Crippen LogP contribution in [0.4, 0.5) is 11.4 Å². The lowest BCUT2D eigenvalue weighted by atomic mass is 10.2. The minimum Gasteiger partial charge on any atom is -0.494 e. The van der Waals surface area contributed by atoms with Gasteiger partial charge in [0.2, 0.25) is 26.0 Å². The van der Waals surface area contributed by atoms with Crippen molar-refractivity contribution >= 4 is 48.9 Å². The molecule has 1 amide bonds. The quantitative estimate of drug-likeness (QED) is 0.574. The maximum Gasteiger partial charge on any atom is 0.243 e. The van der Waals surface area contributed by atoms with Gasteiger partial charge >= 0.3 is 0 Å². The molecular weight excluding hydrogens is 454 g/mol. The SMILES string of the molecule is CCS(=O)(=O)Nc1ccc(NC(=O)CN(C)S(=O)(=O)c2ccc(Cl)cc2)cc1OC. The summed E-state index contributed by atoms with van der Waals surface area (Å²) in [5.74, 6) is -0.491. The minimum atomic E-state index is -3.87. The third-order valence-electron chi connectivity index (χ3n) is 4.02. The van der Waals surface area contributed by atoms with E-state index in [-0.39, 0.29) is 22.1 Å². The lowest BCUT2D eigenvalue weighted by Gasteiger charge is -2.17. The van der Waals surface area contributed by atoms with Gasteiger partial charge in [0.25, 0.3) is 0 Å². The van der Waals surface area contributed by atoms with Crippen LogP contribution in [0.3, 0.4) is 0 Å². The first-order chi connectivity index (χ1) is 14.0. The Morgan fingerprint density at radius 3 is 2.30 bits per heavy atom. The summed E-state index contributed by atoms with van der Waals surface area (Å²) in [5, 5.41) is 2.96. The topological polar surface area (TPSA) is 122 Å². The smallest absolute Gasteiger partial charge is 0.243 e. The second kappa shape index (κ2) is 9.65. The number of likely N-dealkylation sites (N-methyl/N-ethyl adjacent to an activating group) is 1. The molecule has 30 heavy (non-hydrogen) atoms. The van der Waals surface area contributed by atoms with E-state index in [4.69, 9.17) is 16.3 Å². The molecule has 2 aromatic carbocycles. The predicted octanol–water partition coefficient (Wildman–Crippen LogP) is 2.37. The minimum absolute atomic E-state index is 0.0106. The van der Waals surface area contributed by atoms with Gasteiger partial charge in [-0.3, -0.25) is 9.52 Å². The molecule has 0 aliphatic heterocycles. The Balaban J connectivity index is 2.11. The van der Waals surface area contributed by atoms with Crippen LogP contribution in [-0.4, -0.2) is 53.5 Å². The molecule has 0 saturated heterocycles. The van der Waals surface area contributed by atoms with Crippen LogP contribution in [0.2, 0.25) is 5.02 Å². The van der Waals surface area contributed by atoms with Crippen LogP contribution in [-0.2, 0) is 24.8 Å². The molecule has 164 valence electrons. The summed E-state index contributed by atoms with van der Waals surface area (Å²) in [4.78, 5) is 12.3. The number of amides is 1. The molecule has 0 radical (unpaired) electrons. The number of hydrogen-bond donors (Lipinski definition) is 2. The molecular formula is C18H22ClN3O6S2. The second-order valence-corrected chi connectivity index (χ2v) is 10.7. The first kappa shape index (κ1) is 23.9. The number of halogens is 1. The zero-order valence-electron chi connectivity index (χ0n) is 16.5.